The minimum atomic E-state index is 0.812. The summed E-state index contributed by atoms with van der Waals surface area (Å²) in [6.07, 6.45) is 7.58. The van der Waals surface area contributed by atoms with Crippen molar-refractivity contribution in [3.63, 3.8) is 0 Å². The molecule has 0 atom stereocenters. The van der Waals surface area contributed by atoms with Crippen molar-refractivity contribution in [3.05, 3.63) is 35.3 Å². The molecule has 3 rings (SSSR count). The summed E-state index contributed by atoms with van der Waals surface area (Å²) in [5.41, 5.74) is 1.26. The van der Waals surface area contributed by atoms with Crippen molar-refractivity contribution in [2.75, 3.05) is 36.0 Å². The van der Waals surface area contributed by atoms with Gasteiger partial charge in [0.25, 0.3) is 0 Å². The van der Waals surface area contributed by atoms with Crippen LogP contribution in [0.4, 0.5) is 11.6 Å². The molecule has 0 saturated carbocycles. The molecule has 1 aliphatic heterocycles. The van der Waals surface area contributed by atoms with Gasteiger partial charge in [-0.05, 0) is 22.0 Å². The second kappa shape index (κ2) is 4.97. The Balaban J connectivity index is 1.65. The normalized spacial score (nSPS) is 16.1. The summed E-state index contributed by atoms with van der Waals surface area (Å²) in [5, 5.41) is 0. The molecule has 5 nitrogen and oxygen atoms in total. The Morgan fingerprint density at radius 1 is 1.06 bits per heavy atom. The Bertz CT molecular complexity index is 488. The van der Waals surface area contributed by atoms with Crippen LogP contribution in [0.2, 0.25) is 0 Å². The molecule has 0 aliphatic carbocycles. The van der Waals surface area contributed by atoms with Crippen LogP contribution in [0.3, 0.4) is 0 Å². The molecule has 1 N–H and O–H groups in total. The number of hydrogen-bond donors (Lipinski definition) is 1. The minimum Gasteiger partial charge on any atom is -0.367 e. The largest absolute Gasteiger partial charge is 0.367 e. The van der Waals surface area contributed by atoms with Crippen LogP contribution >= 0.6 is 15.9 Å². The second-order valence-electron chi connectivity index (χ2n) is 4.24. The lowest BCUT2D eigenvalue weighted by atomic mass is 10.3. The lowest BCUT2D eigenvalue weighted by Gasteiger charge is -2.35. The highest BCUT2D eigenvalue weighted by molar-refractivity contribution is 9.10. The number of H-pyrrole nitrogens is 1. The first-order valence-electron chi connectivity index (χ1n) is 5.93. The second-order valence-corrected chi connectivity index (χ2v) is 5.16. The number of nitrogens with one attached hydrogen (secondary N) is 1. The maximum Gasteiger partial charge on any atom is 0.225 e. The van der Waals surface area contributed by atoms with Crippen molar-refractivity contribution in [2.24, 2.45) is 0 Å². The van der Waals surface area contributed by atoms with Crippen molar-refractivity contribution in [2.45, 2.75) is 0 Å². The molecule has 0 radical (unpaired) electrons. The fraction of sp³-hybridized carbons (Fsp3) is 0.333. The molecule has 1 aliphatic rings. The van der Waals surface area contributed by atoms with E-state index in [0.717, 1.165) is 36.6 Å². The Labute approximate surface area is 114 Å². The zero-order chi connectivity index (χ0) is 12.4. The van der Waals surface area contributed by atoms with Gasteiger partial charge in [0.2, 0.25) is 5.95 Å². The van der Waals surface area contributed by atoms with Crippen molar-refractivity contribution < 1.29 is 0 Å². The highest BCUT2D eigenvalue weighted by Crippen LogP contribution is 2.17. The summed E-state index contributed by atoms with van der Waals surface area (Å²) in [7, 11) is 0. The van der Waals surface area contributed by atoms with Crippen LogP contribution in [0.15, 0.2) is 35.3 Å². The van der Waals surface area contributed by atoms with E-state index in [0.29, 0.717) is 0 Å². The summed E-state index contributed by atoms with van der Waals surface area (Å²) in [4.78, 5) is 16.3. The number of rotatable bonds is 2. The quantitative estimate of drug-likeness (QED) is 0.920. The molecule has 94 valence electrons. The van der Waals surface area contributed by atoms with E-state index < -0.39 is 0 Å². The van der Waals surface area contributed by atoms with Gasteiger partial charge < -0.3 is 14.8 Å². The molecule has 3 heterocycles. The molecule has 2 aromatic heterocycles. The molecule has 0 aromatic carbocycles. The van der Waals surface area contributed by atoms with Crippen LogP contribution in [0.1, 0.15) is 0 Å². The first-order chi connectivity index (χ1) is 8.83. The van der Waals surface area contributed by atoms with Crippen LogP contribution in [0.5, 0.6) is 0 Å². The molecule has 1 saturated heterocycles. The average molecular weight is 308 g/mol. The Morgan fingerprint density at radius 3 is 2.33 bits per heavy atom. The van der Waals surface area contributed by atoms with Crippen molar-refractivity contribution in [3.8, 4) is 0 Å². The van der Waals surface area contributed by atoms with Gasteiger partial charge in [0.15, 0.2) is 0 Å². The van der Waals surface area contributed by atoms with Crippen LogP contribution in [0, 0.1) is 0 Å². The third-order valence-corrected chi connectivity index (χ3v) is 3.53. The monoisotopic (exact) mass is 307 g/mol. The van der Waals surface area contributed by atoms with E-state index in [9.17, 15) is 0 Å². The number of nitrogens with zero attached hydrogens (tertiary/aromatic N) is 4. The Hall–Kier alpha value is -1.56. The van der Waals surface area contributed by atoms with Crippen molar-refractivity contribution in [1.82, 2.24) is 15.0 Å². The fourth-order valence-corrected chi connectivity index (χ4v) is 2.35. The molecule has 6 heteroatoms. The first-order valence-corrected chi connectivity index (χ1v) is 6.72. The van der Waals surface area contributed by atoms with Crippen LogP contribution < -0.4 is 9.80 Å². The summed E-state index contributed by atoms with van der Waals surface area (Å²) in [6.45, 7) is 3.90. The number of hydrogen-bond acceptors (Lipinski definition) is 4. The average Bonchev–Trinajstić information content (AvgIpc) is 2.94. The maximum atomic E-state index is 4.33. The van der Waals surface area contributed by atoms with Gasteiger partial charge in [-0.2, -0.15) is 0 Å². The fourth-order valence-electron chi connectivity index (χ4n) is 2.15. The van der Waals surface area contributed by atoms with E-state index in [1.165, 1.54) is 5.69 Å². The highest BCUT2D eigenvalue weighted by atomic mass is 79.9. The van der Waals surface area contributed by atoms with E-state index in [2.05, 4.69) is 46.7 Å². The van der Waals surface area contributed by atoms with Gasteiger partial charge in [0.1, 0.15) is 0 Å². The number of piperazine rings is 1. The van der Waals surface area contributed by atoms with Crippen LogP contribution in [0.25, 0.3) is 0 Å². The van der Waals surface area contributed by atoms with Gasteiger partial charge >= 0.3 is 0 Å². The Morgan fingerprint density at radius 2 is 1.72 bits per heavy atom. The van der Waals surface area contributed by atoms with Gasteiger partial charge in [-0.1, -0.05) is 0 Å². The SMILES string of the molecule is Brc1cnc(N2CCN(c3cc[nH]c3)CC2)nc1. The first kappa shape index (κ1) is 11.5. The predicted octanol–water partition coefficient (Wildman–Crippen LogP) is 1.89. The molecule has 0 unspecified atom stereocenters. The zero-order valence-corrected chi connectivity index (χ0v) is 11.5. The van der Waals surface area contributed by atoms with E-state index in [4.69, 9.17) is 0 Å². The number of aromatic amines is 1. The summed E-state index contributed by atoms with van der Waals surface area (Å²) < 4.78 is 0.914. The molecule has 0 amide bonds. The lowest BCUT2D eigenvalue weighted by Crippen LogP contribution is -2.47. The van der Waals surface area contributed by atoms with Crippen molar-refractivity contribution >= 4 is 27.6 Å². The van der Waals surface area contributed by atoms with Crippen LogP contribution in [-0.4, -0.2) is 41.1 Å². The third-order valence-electron chi connectivity index (χ3n) is 3.12. The molecule has 18 heavy (non-hydrogen) atoms. The lowest BCUT2D eigenvalue weighted by molar-refractivity contribution is 0.640. The number of aromatic nitrogens is 3. The zero-order valence-electron chi connectivity index (χ0n) is 9.88. The molecular formula is C12H14BrN5. The minimum absolute atomic E-state index is 0.812. The molecule has 0 bridgehead atoms. The summed E-state index contributed by atoms with van der Waals surface area (Å²) in [5.74, 6) is 0.812. The van der Waals surface area contributed by atoms with Crippen molar-refractivity contribution in [1.29, 1.82) is 0 Å². The topological polar surface area (TPSA) is 48.1 Å². The third kappa shape index (κ3) is 2.33. The standard InChI is InChI=1S/C12H14BrN5/c13-10-7-15-12(16-8-10)18-5-3-17(4-6-18)11-1-2-14-9-11/h1-2,7-9,14H,3-6H2. The van der Waals surface area contributed by atoms with E-state index in [-0.39, 0.29) is 0 Å². The van der Waals surface area contributed by atoms with E-state index >= 15 is 0 Å². The number of anilines is 2. The van der Waals surface area contributed by atoms with Crippen LogP contribution in [-0.2, 0) is 0 Å². The van der Waals surface area contributed by atoms with E-state index in [1.54, 1.807) is 12.4 Å². The molecule has 2 aromatic rings. The van der Waals surface area contributed by atoms with Gasteiger partial charge in [-0.3, -0.25) is 0 Å². The summed E-state index contributed by atoms with van der Waals surface area (Å²) in [6, 6.07) is 2.10. The van der Waals surface area contributed by atoms with Gasteiger partial charge in [0, 0.05) is 51.0 Å². The number of halogens is 1. The molecular weight excluding hydrogens is 294 g/mol. The predicted molar refractivity (Wildman–Crippen MR) is 75.0 cm³/mol. The van der Waals surface area contributed by atoms with E-state index in [1.807, 2.05) is 12.4 Å². The Kier molecular flexibility index (Phi) is 3.19. The maximum absolute atomic E-state index is 4.33. The smallest absolute Gasteiger partial charge is 0.225 e. The van der Waals surface area contributed by atoms with Gasteiger partial charge in [-0.25, -0.2) is 9.97 Å². The van der Waals surface area contributed by atoms with Gasteiger partial charge in [-0.15, -0.1) is 0 Å². The molecule has 1 fully saturated rings. The highest BCUT2D eigenvalue weighted by Gasteiger charge is 2.19. The summed E-state index contributed by atoms with van der Waals surface area (Å²) >= 11 is 3.35. The molecule has 0 spiro atoms. The van der Waals surface area contributed by atoms with Gasteiger partial charge in [0.05, 0.1) is 10.2 Å².